The number of carbonyl (C=O) groups is 2. The van der Waals surface area contributed by atoms with Crippen LogP contribution >= 0.6 is 23.2 Å². The summed E-state index contributed by atoms with van der Waals surface area (Å²) in [7, 11) is 0. The first kappa shape index (κ1) is 29.4. The quantitative estimate of drug-likeness (QED) is 0.328. The maximum absolute atomic E-state index is 14.5. The van der Waals surface area contributed by atoms with Crippen LogP contribution in [0.15, 0.2) is 72.8 Å². The van der Waals surface area contributed by atoms with Gasteiger partial charge < -0.3 is 19.6 Å². The zero-order valence-electron chi connectivity index (χ0n) is 23.6. The highest BCUT2D eigenvalue weighted by molar-refractivity contribution is 6.42. The van der Waals surface area contributed by atoms with Crippen LogP contribution in [0.3, 0.4) is 0 Å². The van der Waals surface area contributed by atoms with Gasteiger partial charge in [-0.25, -0.2) is 4.79 Å². The minimum Gasteiger partial charge on any atom is -0.444 e. The molecular weight excluding hydrogens is 559 g/mol. The van der Waals surface area contributed by atoms with Crippen LogP contribution in [-0.4, -0.2) is 57.7 Å². The Hall–Kier alpha value is -3.06. The van der Waals surface area contributed by atoms with Gasteiger partial charge in [-0.05, 0) is 61.9 Å². The van der Waals surface area contributed by atoms with Crippen LogP contribution in [-0.2, 0) is 16.1 Å². The van der Waals surface area contributed by atoms with Gasteiger partial charge in [0.05, 0.1) is 28.6 Å². The Labute approximate surface area is 251 Å². The minimum absolute atomic E-state index is 0.0719. The Morgan fingerprint density at radius 3 is 2.32 bits per heavy atom. The fraction of sp³-hybridized carbons (Fsp3) is 0.394. The van der Waals surface area contributed by atoms with Gasteiger partial charge in [-0.1, -0.05) is 89.9 Å². The van der Waals surface area contributed by atoms with Crippen molar-refractivity contribution in [3.63, 3.8) is 0 Å². The molecule has 3 aromatic rings. The lowest BCUT2D eigenvalue weighted by molar-refractivity contribution is -0.141. The molecule has 216 valence electrons. The first-order valence-corrected chi connectivity index (χ1v) is 14.8. The van der Waals surface area contributed by atoms with E-state index in [9.17, 15) is 14.7 Å². The summed E-state index contributed by atoms with van der Waals surface area (Å²) in [6.45, 7) is 5.92. The molecule has 1 heterocycles. The SMILES string of the molecule is CC(C)(C)OC(=O)N1C[C@H](C(=O)N(Cc2cccc(Cl)c2Cl)C2CC2)[C@@H](c2cccc(-c3ccccc3)c2)[C@@H](O)C1. The molecule has 2 aliphatic rings. The van der Waals surface area contributed by atoms with Crippen molar-refractivity contribution in [3.05, 3.63) is 94.0 Å². The smallest absolute Gasteiger partial charge is 0.410 e. The van der Waals surface area contributed by atoms with Gasteiger partial charge in [0.1, 0.15) is 5.60 Å². The molecule has 3 atom stereocenters. The molecule has 0 spiro atoms. The van der Waals surface area contributed by atoms with Crippen LogP contribution in [0.5, 0.6) is 0 Å². The van der Waals surface area contributed by atoms with Crippen LogP contribution in [0.2, 0.25) is 10.0 Å². The molecule has 2 amide bonds. The Balaban J connectivity index is 1.51. The molecule has 0 bridgehead atoms. The summed E-state index contributed by atoms with van der Waals surface area (Å²) in [5.41, 5.74) is 2.97. The highest BCUT2D eigenvalue weighted by Crippen LogP contribution is 2.40. The number of hydrogen-bond donors (Lipinski definition) is 1. The van der Waals surface area contributed by atoms with Gasteiger partial charge in [-0.3, -0.25) is 4.79 Å². The third-order valence-corrected chi connectivity index (χ3v) is 8.52. The predicted octanol–water partition coefficient (Wildman–Crippen LogP) is 7.16. The first-order valence-electron chi connectivity index (χ1n) is 14.1. The molecule has 8 heteroatoms. The number of aliphatic hydroxyl groups is 1. The molecule has 1 aliphatic heterocycles. The van der Waals surface area contributed by atoms with Crippen LogP contribution in [0.4, 0.5) is 4.79 Å². The number of ether oxygens (including phenoxy) is 1. The van der Waals surface area contributed by atoms with Gasteiger partial charge in [0, 0.05) is 25.0 Å². The number of nitrogens with zero attached hydrogens (tertiary/aromatic N) is 2. The van der Waals surface area contributed by atoms with Crippen LogP contribution in [0.25, 0.3) is 11.1 Å². The summed E-state index contributed by atoms with van der Waals surface area (Å²) in [6, 6.07) is 23.5. The van der Waals surface area contributed by atoms with E-state index in [2.05, 4.69) is 0 Å². The molecule has 1 saturated heterocycles. The third-order valence-electron chi connectivity index (χ3n) is 7.66. The summed E-state index contributed by atoms with van der Waals surface area (Å²) in [5.74, 6) is -1.32. The Bertz CT molecular complexity index is 1400. The molecule has 1 aliphatic carbocycles. The van der Waals surface area contributed by atoms with Crippen molar-refractivity contribution in [1.29, 1.82) is 0 Å². The largest absolute Gasteiger partial charge is 0.444 e. The van der Waals surface area contributed by atoms with E-state index in [0.29, 0.717) is 16.6 Å². The van der Waals surface area contributed by atoms with Crippen molar-refractivity contribution >= 4 is 35.2 Å². The van der Waals surface area contributed by atoms with Crippen molar-refractivity contribution < 1.29 is 19.4 Å². The molecule has 0 unspecified atom stereocenters. The number of aliphatic hydroxyl groups excluding tert-OH is 1. The summed E-state index contributed by atoms with van der Waals surface area (Å²) in [5, 5.41) is 12.4. The van der Waals surface area contributed by atoms with E-state index in [1.807, 2.05) is 71.6 Å². The van der Waals surface area contributed by atoms with E-state index >= 15 is 0 Å². The molecule has 6 nitrogen and oxygen atoms in total. The monoisotopic (exact) mass is 594 g/mol. The Kier molecular flexibility index (Phi) is 8.65. The summed E-state index contributed by atoms with van der Waals surface area (Å²) >= 11 is 12.8. The highest BCUT2D eigenvalue weighted by atomic mass is 35.5. The van der Waals surface area contributed by atoms with Crippen LogP contribution in [0.1, 0.15) is 50.7 Å². The van der Waals surface area contributed by atoms with Gasteiger partial charge in [-0.2, -0.15) is 0 Å². The second-order valence-electron chi connectivity index (χ2n) is 12.0. The van der Waals surface area contributed by atoms with Gasteiger partial charge in [0.2, 0.25) is 5.91 Å². The number of likely N-dealkylation sites (tertiary alicyclic amines) is 1. The summed E-state index contributed by atoms with van der Waals surface area (Å²) in [4.78, 5) is 30.9. The van der Waals surface area contributed by atoms with E-state index < -0.39 is 29.6 Å². The van der Waals surface area contributed by atoms with Gasteiger partial charge in [0.25, 0.3) is 0 Å². The molecule has 2 fully saturated rings. The Morgan fingerprint density at radius 1 is 0.951 bits per heavy atom. The number of piperidine rings is 1. The molecule has 0 radical (unpaired) electrons. The predicted molar refractivity (Wildman–Crippen MR) is 162 cm³/mol. The molecule has 5 rings (SSSR count). The third kappa shape index (κ3) is 6.88. The van der Waals surface area contributed by atoms with Crippen LogP contribution in [0, 0.1) is 5.92 Å². The second kappa shape index (κ2) is 12.0. The number of amides is 2. The first-order chi connectivity index (χ1) is 19.5. The van der Waals surface area contributed by atoms with Crippen LogP contribution < -0.4 is 0 Å². The van der Waals surface area contributed by atoms with Crippen molar-refractivity contribution in [2.45, 2.75) is 63.8 Å². The van der Waals surface area contributed by atoms with E-state index in [-0.39, 0.29) is 25.0 Å². The summed E-state index contributed by atoms with van der Waals surface area (Å²) < 4.78 is 5.64. The standard InChI is InChI=1S/C33H36Cl2N2O4/c1-33(2,3)41-32(40)36-19-26(31(39)37(25-15-16-25)18-24-13-8-14-27(34)30(24)35)29(28(38)20-36)23-12-7-11-22(17-23)21-9-5-4-6-10-21/h4-14,17,25-26,28-29,38H,15-16,18-20H2,1-3H3/t26-,28-,29+/m0/s1. The fourth-order valence-electron chi connectivity index (χ4n) is 5.59. The van der Waals surface area contributed by atoms with E-state index in [0.717, 1.165) is 35.1 Å². The van der Waals surface area contributed by atoms with Crippen molar-refractivity contribution in [2.75, 3.05) is 13.1 Å². The van der Waals surface area contributed by atoms with E-state index in [1.165, 1.54) is 4.90 Å². The lowest BCUT2D eigenvalue weighted by atomic mass is 9.77. The zero-order valence-corrected chi connectivity index (χ0v) is 25.1. The van der Waals surface area contributed by atoms with E-state index in [1.54, 1.807) is 26.8 Å². The number of carbonyl (C=O) groups excluding carboxylic acids is 2. The van der Waals surface area contributed by atoms with Crippen molar-refractivity contribution in [3.8, 4) is 11.1 Å². The number of β-amino-alcohol motifs (C(OH)–C–C–N with tert-alkyl or cyclic N) is 1. The zero-order chi connectivity index (χ0) is 29.3. The van der Waals surface area contributed by atoms with Crippen molar-refractivity contribution in [1.82, 2.24) is 9.80 Å². The number of rotatable bonds is 6. The molecule has 1 N–H and O–H groups in total. The maximum atomic E-state index is 14.5. The van der Waals surface area contributed by atoms with Gasteiger partial charge in [0.15, 0.2) is 0 Å². The number of benzene rings is 3. The van der Waals surface area contributed by atoms with Crippen molar-refractivity contribution in [2.24, 2.45) is 5.92 Å². The normalized spacial score (nSPS) is 20.9. The number of hydrogen-bond acceptors (Lipinski definition) is 4. The van der Waals surface area contributed by atoms with Gasteiger partial charge >= 0.3 is 6.09 Å². The average Bonchev–Trinajstić information content (AvgIpc) is 3.78. The topological polar surface area (TPSA) is 70.1 Å². The molecule has 0 aromatic heterocycles. The average molecular weight is 596 g/mol. The second-order valence-corrected chi connectivity index (χ2v) is 12.8. The molecule has 3 aromatic carbocycles. The molecular formula is C33H36Cl2N2O4. The lowest BCUT2D eigenvalue weighted by Crippen LogP contribution is -2.56. The summed E-state index contributed by atoms with van der Waals surface area (Å²) in [6.07, 6.45) is 0.278. The molecule has 1 saturated carbocycles. The molecule has 41 heavy (non-hydrogen) atoms. The van der Waals surface area contributed by atoms with Gasteiger partial charge in [-0.15, -0.1) is 0 Å². The van der Waals surface area contributed by atoms with E-state index in [4.69, 9.17) is 27.9 Å². The lowest BCUT2D eigenvalue weighted by Gasteiger charge is -2.43. The minimum atomic E-state index is -0.966. The fourth-order valence-corrected chi connectivity index (χ4v) is 5.97. The Morgan fingerprint density at radius 2 is 1.63 bits per heavy atom. The highest BCUT2D eigenvalue weighted by Gasteiger charge is 2.47. The number of halogens is 2. The maximum Gasteiger partial charge on any atom is 0.410 e.